The Morgan fingerprint density at radius 3 is 2.53 bits per heavy atom. The number of piperidine rings is 2. The minimum absolute atomic E-state index is 0.0646. The lowest BCUT2D eigenvalue weighted by Crippen LogP contribution is -2.55. The van der Waals surface area contributed by atoms with Gasteiger partial charge in [-0.05, 0) is 63.2 Å². The SMILES string of the molecule is CC1(C)CCCC(N[C@@H](CC(=O)O)C(=O)N2CCCCC2CCOC2CCN(C(=N)N)CC2)C1. The fourth-order valence-corrected chi connectivity index (χ4v) is 5.94. The van der Waals surface area contributed by atoms with Gasteiger partial charge >= 0.3 is 5.97 Å². The summed E-state index contributed by atoms with van der Waals surface area (Å²) in [6, 6.07) is -0.391. The first-order chi connectivity index (χ1) is 16.1. The van der Waals surface area contributed by atoms with E-state index in [0.29, 0.717) is 13.2 Å². The van der Waals surface area contributed by atoms with E-state index in [0.717, 1.165) is 70.9 Å². The van der Waals surface area contributed by atoms with E-state index in [1.807, 2.05) is 9.80 Å². The Hall–Kier alpha value is -1.87. The lowest BCUT2D eigenvalue weighted by atomic mass is 9.75. The first-order valence-electron chi connectivity index (χ1n) is 13.1. The number of hydrogen-bond acceptors (Lipinski definition) is 5. The number of carboxylic acids is 1. The van der Waals surface area contributed by atoms with E-state index in [2.05, 4.69) is 19.2 Å². The molecule has 2 saturated heterocycles. The minimum Gasteiger partial charge on any atom is -0.481 e. The zero-order valence-electron chi connectivity index (χ0n) is 21.1. The number of carbonyl (C=O) groups is 2. The molecule has 3 fully saturated rings. The highest BCUT2D eigenvalue weighted by Crippen LogP contribution is 2.35. The van der Waals surface area contributed by atoms with Gasteiger partial charge in [-0.3, -0.25) is 15.0 Å². The average molecular weight is 480 g/mol. The summed E-state index contributed by atoms with van der Waals surface area (Å²) in [6.45, 7) is 7.27. The summed E-state index contributed by atoms with van der Waals surface area (Å²) in [7, 11) is 0. The van der Waals surface area contributed by atoms with E-state index in [1.54, 1.807) is 0 Å². The molecule has 3 rings (SSSR count). The summed E-state index contributed by atoms with van der Waals surface area (Å²) in [4.78, 5) is 29.0. The third-order valence-electron chi connectivity index (χ3n) is 7.82. The monoisotopic (exact) mass is 479 g/mol. The topological polar surface area (TPSA) is 132 Å². The van der Waals surface area contributed by atoms with E-state index in [9.17, 15) is 14.7 Å². The van der Waals surface area contributed by atoms with Crippen LogP contribution < -0.4 is 11.1 Å². The van der Waals surface area contributed by atoms with Gasteiger partial charge in [0.25, 0.3) is 0 Å². The molecule has 2 unspecified atom stereocenters. The molecular weight excluding hydrogens is 434 g/mol. The predicted octanol–water partition coefficient (Wildman–Crippen LogP) is 2.53. The zero-order valence-corrected chi connectivity index (χ0v) is 21.1. The lowest BCUT2D eigenvalue weighted by molar-refractivity contribution is -0.145. The molecule has 194 valence electrons. The van der Waals surface area contributed by atoms with Gasteiger partial charge in [-0.2, -0.15) is 0 Å². The second-order valence-corrected chi connectivity index (χ2v) is 11.2. The maximum Gasteiger partial charge on any atom is 0.305 e. The van der Waals surface area contributed by atoms with Crippen LogP contribution in [0.2, 0.25) is 0 Å². The Morgan fingerprint density at radius 1 is 1.15 bits per heavy atom. The van der Waals surface area contributed by atoms with Gasteiger partial charge in [0.2, 0.25) is 5.91 Å². The lowest BCUT2D eigenvalue weighted by Gasteiger charge is -2.41. The number of likely N-dealkylation sites (tertiary alicyclic amines) is 2. The van der Waals surface area contributed by atoms with Crippen molar-refractivity contribution in [2.75, 3.05) is 26.2 Å². The summed E-state index contributed by atoms with van der Waals surface area (Å²) in [5.74, 6) is -0.879. The number of aliphatic carboxylic acids is 1. The van der Waals surface area contributed by atoms with E-state index >= 15 is 0 Å². The van der Waals surface area contributed by atoms with E-state index in [4.69, 9.17) is 15.9 Å². The van der Waals surface area contributed by atoms with Crippen LogP contribution in [0.4, 0.5) is 0 Å². The molecule has 9 nitrogen and oxygen atoms in total. The fraction of sp³-hybridized carbons (Fsp3) is 0.880. The molecule has 9 heteroatoms. The highest BCUT2D eigenvalue weighted by Gasteiger charge is 2.36. The average Bonchev–Trinajstić information content (AvgIpc) is 2.78. The molecule has 2 heterocycles. The molecule has 3 aliphatic rings. The van der Waals surface area contributed by atoms with Gasteiger partial charge in [-0.15, -0.1) is 0 Å². The van der Waals surface area contributed by atoms with Crippen molar-refractivity contribution in [3.8, 4) is 0 Å². The number of carbonyl (C=O) groups excluding carboxylic acids is 1. The van der Waals surface area contributed by atoms with Crippen LogP contribution in [-0.4, -0.2) is 83.2 Å². The number of guanidine groups is 1. The van der Waals surface area contributed by atoms with Crippen molar-refractivity contribution in [2.45, 2.75) is 109 Å². The standard InChI is InChI=1S/C25H45N5O4/c1-25(2)11-5-6-18(17-25)28-21(16-22(31)32)23(33)30-12-4-3-7-19(30)10-15-34-20-8-13-29(14-9-20)24(26)27/h18-21,28H,3-17H2,1-2H3,(H3,26,27)(H,31,32)/t18?,19?,21-/m0/s1. The predicted molar refractivity (Wildman–Crippen MR) is 132 cm³/mol. The summed E-state index contributed by atoms with van der Waals surface area (Å²) >= 11 is 0. The Balaban J connectivity index is 1.54. The number of hydrogen-bond donors (Lipinski definition) is 4. The van der Waals surface area contributed by atoms with Crippen LogP contribution in [0.1, 0.15) is 84.5 Å². The van der Waals surface area contributed by atoms with E-state index in [-0.39, 0.29) is 41.9 Å². The van der Waals surface area contributed by atoms with Gasteiger partial charge in [0.15, 0.2) is 5.96 Å². The summed E-state index contributed by atoms with van der Waals surface area (Å²) in [5.41, 5.74) is 5.79. The normalized spacial score (nSPS) is 26.8. The van der Waals surface area contributed by atoms with Crippen molar-refractivity contribution in [2.24, 2.45) is 11.1 Å². The number of nitrogens with one attached hydrogen (secondary N) is 2. The molecule has 1 amide bonds. The third kappa shape index (κ3) is 7.83. The number of rotatable bonds is 9. The van der Waals surface area contributed by atoms with Crippen molar-refractivity contribution < 1.29 is 19.4 Å². The van der Waals surface area contributed by atoms with Gasteiger partial charge in [-0.25, -0.2) is 0 Å². The Labute approximate surface area is 204 Å². The Kier molecular flexibility index (Phi) is 9.59. The van der Waals surface area contributed by atoms with Crippen molar-refractivity contribution in [3.05, 3.63) is 0 Å². The summed E-state index contributed by atoms with van der Waals surface area (Å²) in [5, 5.41) is 20.5. The molecule has 0 radical (unpaired) electrons. The van der Waals surface area contributed by atoms with Crippen LogP contribution in [0.5, 0.6) is 0 Å². The van der Waals surface area contributed by atoms with Crippen LogP contribution >= 0.6 is 0 Å². The highest BCUT2D eigenvalue weighted by molar-refractivity contribution is 5.86. The maximum absolute atomic E-state index is 13.6. The molecule has 0 spiro atoms. The number of amides is 1. The molecule has 34 heavy (non-hydrogen) atoms. The molecule has 0 aromatic carbocycles. The second-order valence-electron chi connectivity index (χ2n) is 11.2. The molecule has 5 N–H and O–H groups in total. The van der Waals surface area contributed by atoms with Gasteiger partial charge in [0.05, 0.1) is 18.6 Å². The van der Waals surface area contributed by atoms with E-state index < -0.39 is 12.0 Å². The maximum atomic E-state index is 13.6. The van der Waals surface area contributed by atoms with Crippen molar-refractivity contribution in [1.82, 2.24) is 15.1 Å². The Bertz CT molecular complexity index is 707. The second kappa shape index (κ2) is 12.2. The molecule has 1 aliphatic carbocycles. The van der Waals surface area contributed by atoms with Gasteiger partial charge < -0.3 is 30.7 Å². The van der Waals surface area contributed by atoms with Crippen molar-refractivity contribution >= 4 is 17.8 Å². The van der Waals surface area contributed by atoms with Crippen molar-refractivity contribution in [1.29, 1.82) is 5.41 Å². The van der Waals surface area contributed by atoms with Gasteiger partial charge in [0, 0.05) is 38.3 Å². The van der Waals surface area contributed by atoms with Crippen LogP contribution in [0.3, 0.4) is 0 Å². The first kappa shape index (κ1) is 26.7. The Morgan fingerprint density at radius 2 is 1.88 bits per heavy atom. The van der Waals surface area contributed by atoms with Crippen LogP contribution in [0.15, 0.2) is 0 Å². The minimum atomic E-state index is -0.935. The number of carboxylic acid groups (broad SMARTS) is 1. The smallest absolute Gasteiger partial charge is 0.305 e. The quantitative estimate of drug-likeness (QED) is 0.295. The van der Waals surface area contributed by atoms with Crippen LogP contribution in [0, 0.1) is 10.8 Å². The first-order valence-corrected chi connectivity index (χ1v) is 13.1. The summed E-state index contributed by atoms with van der Waals surface area (Å²) in [6.07, 6.45) is 9.69. The third-order valence-corrected chi connectivity index (χ3v) is 7.82. The highest BCUT2D eigenvalue weighted by atomic mass is 16.5. The van der Waals surface area contributed by atoms with Crippen LogP contribution in [0.25, 0.3) is 0 Å². The molecule has 0 aromatic heterocycles. The number of ether oxygens (including phenoxy) is 1. The summed E-state index contributed by atoms with van der Waals surface area (Å²) < 4.78 is 6.13. The molecule has 2 aliphatic heterocycles. The molecule has 3 atom stereocenters. The van der Waals surface area contributed by atoms with Crippen LogP contribution in [-0.2, 0) is 14.3 Å². The zero-order chi connectivity index (χ0) is 24.7. The molecule has 1 saturated carbocycles. The van der Waals surface area contributed by atoms with Gasteiger partial charge in [0.1, 0.15) is 0 Å². The molecule has 0 bridgehead atoms. The van der Waals surface area contributed by atoms with Crippen molar-refractivity contribution in [3.63, 3.8) is 0 Å². The van der Waals surface area contributed by atoms with Gasteiger partial charge in [-0.1, -0.05) is 20.3 Å². The molecule has 0 aromatic rings. The number of nitrogens with zero attached hydrogens (tertiary/aromatic N) is 2. The largest absolute Gasteiger partial charge is 0.481 e. The number of nitrogens with two attached hydrogens (primary N) is 1. The fourth-order valence-electron chi connectivity index (χ4n) is 5.94. The molecular formula is C25H45N5O4. The van der Waals surface area contributed by atoms with E-state index in [1.165, 1.54) is 6.42 Å².